The van der Waals surface area contributed by atoms with E-state index in [2.05, 4.69) is 24.8 Å². The van der Waals surface area contributed by atoms with Crippen molar-refractivity contribution in [1.29, 1.82) is 5.26 Å². The lowest BCUT2D eigenvalue weighted by Crippen LogP contribution is -2.49. The third-order valence-electron chi connectivity index (χ3n) is 3.14. The van der Waals surface area contributed by atoms with Crippen molar-refractivity contribution < 1.29 is 9.47 Å². The highest BCUT2D eigenvalue weighted by molar-refractivity contribution is 5.36. The maximum atomic E-state index is 8.82. The molecule has 1 aliphatic rings. The van der Waals surface area contributed by atoms with E-state index >= 15 is 0 Å². The van der Waals surface area contributed by atoms with Gasteiger partial charge in [-0.3, -0.25) is 4.90 Å². The Labute approximate surface area is 114 Å². The van der Waals surface area contributed by atoms with Gasteiger partial charge in [-0.25, -0.2) is 0 Å². The van der Waals surface area contributed by atoms with Crippen molar-refractivity contribution in [3.8, 4) is 11.8 Å². The lowest BCUT2D eigenvalue weighted by Gasteiger charge is -2.38. The predicted octanol–water partition coefficient (Wildman–Crippen LogP) is 2.05. The standard InChI is InChI=1S/C15H20N2O2/c1-15(2)12-17(7-9-19-15)6-8-18-14-5-3-4-13(10-14)11-16/h3-5,10H,6-9,12H2,1-2H3. The van der Waals surface area contributed by atoms with Crippen molar-refractivity contribution >= 4 is 0 Å². The molecule has 4 nitrogen and oxygen atoms in total. The van der Waals surface area contributed by atoms with Gasteiger partial charge in [0.1, 0.15) is 12.4 Å². The van der Waals surface area contributed by atoms with E-state index in [4.69, 9.17) is 14.7 Å². The van der Waals surface area contributed by atoms with Crippen LogP contribution in [-0.4, -0.2) is 43.3 Å². The first-order chi connectivity index (χ1) is 9.09. The topological polar surface area (TPSA) is 45.5 Å². The molecule has 1 saturated heterocycles. The molecule has 0 amide bonds. The molecule has 0 spiro atoms. The molecule has 1 fully saturated rings. The summed E-state index contributed by atoms with van der Waals surface area (Å²) in [5.41, 5.74) is 0.559. The highest BCUT2D eigenvalue weighted by atomic mass is 16.5. The number of hydrogen-bond donors (Lipinski definition) is 0. The zero-order chi connectivity index (χ0) is 13.7. The summed E-state index contributed by atoms with van der Waals surface area (Å²) in [6, 6.07) is 9.37. The average Bonchev–Trinajstić information content (AvgIpc) is 2.38. The minimum atomic E-state index is -0.0705. The summed E-state index contributed by atoms with van der Waals surface area (Å²) >= 11 is 0. The molecule has 0 unspecified atom stereocenters. The van der Waals surface area contributed by atoms with Crippen molar-refractivity contribution in [2.45, 2.75) is 19.4 Å². The largest absolute Gasteiger partial charge is 0.492 e. The Balaban J connectivity index is 1.78. The van der Waals surface area contributed by atoms with Gasteiger partial charge in [-0.2, -0.15) is 5.26 Å². The van der Waals surface area contributed by atoms with E-state index < -0.39 is 0 Å². The molecule has 19 heavy (non-hydrogen) atoms. The first kappa shape index (κ1) is 13.9. The molecule has 2 rings (SSSR count). The summed E-state index contributed by atoms with van der Waals surface area (Å²) < 4.78 is 11.4. The van der Waals surface area contributed by atoms with Crippen LogP contribution in [0.15, 0.2) is 24.3 Å². The Morgan fingerprint density at radius 2 is 2.32 bits per heavy atom. The second kappa shape index (κ2) is 6.05. The summed E-state index contributed by atoms with van der Waals surface area (Å²) in [5, 5.41) is 8.82. The van der Waals surface area contributed by atoms with Gasteiger partial charge in [0.25, 0.3) is 0 Å². The number of benzene rings is 1. The Kier molecular flexibility index (Phi) is 4.41. The monoisotopic (exact) mass is 260 g/mol. The average molecular weight is 260 g/mol. The molecule has 0 aliphatic carbocycles. The predicted molar refractivity (Wildman–Crippen MR) is 73.1 cm³/mol. The Morgan fingerprint density at radius 3 is 3.05 bits per heavy atom. The number of ether oxygens (including phenoxy) is 2. The van der Waals surface area contributed by atoms with Crippen molar-refractivity contribution in [2.75, 3.05) is 32.8 Å². The van der Waals surface area contributed by atoms with E-state index in [1.54, 1.807) is 12.1 Å². The van der Waals surface area contributed by atoms with Crippen molar-refractivity contribution in [1.82, 2.24) is 4.90 Å². The highest BCUT2D eigenvalue weighted by Crippen LogP contribution is 2.16. The first-order valence-corrected chi connectivity index (χ1v) is 6.58. The van der Waals surface area contributed by atoms with E-state index in [0.29, 0.717) is 12.2 Å². The van der Waals surface area contributed by atoms with E-state index in [1.807, 2.05) is 12.1 Å². The molecular weight excluding hydrogens is 240 g/mol. The molecule has 1 aliphatic heterocycles. The molecule has 1 aromatic rings. The molecule has 0 bridgehead atoms. The Morgan fingerprint density at radius 1 is 1.47 bits per heavy atom. The minimum Gasteiger partial charge on any atom is -0.492 e. The van der Waals surface area contributed by atoms with Gasteiger partial charge >= 0.3 is 0 Å². The Bertz CT molecular complexity index is 465. The zero-order valence-corrected chi connectivity index (χ0v) is 11.6. The minimum absolute atomic E-state index is 0.0705. The molecule has 1 heterocycles. The summed E-state index contributed by atoms with van der Waals surface area (Å²) in [5.74, 6) is 0.756. The number of nitrogens with zero attached hydrogens (tertiary/aromatic N) is 2. The van der Waals surface area contributed by atoms with Gasteiger partial charge in [0.15, 0.2) is 0 Å². The molecular formula is C15H20N2O2. The van der Waals surface area contributed by atoms with Crippen molar-refractivity contribution in [2.24, 2.45) is 0 Å². The second-order valence-electron chi connectivity index (χ2n) is 5.37. The van der Waals surface area contributed by atoms with Crippen LogP contribution in [-0.2, 0) is 4.74 Å². The molecule has 0 aromatic heterocycles. The van der Waals surface area contributed by atoms with Gasteiger partial charge in [-0.1, -0.05) is 6.07 Å². The molecule has 0 saturated carbocycles. The van der Waals surface area contributed by atoms with E-state index in [1.165, 1.54) is 0 Å². The second-order valence-corrected chi connectivity index (χ2v) is 5.37. The fourth-order valence-corrected chi connectivity index (χ4v) is 2.25. The van der Waals surface area contributed by atoms with Crippen LogP contribution < -0.4 is 4.74 Å². The van der Waals surface area contributed by atoms with Crippen LogP contribution in [0, 0.1) is 11.3 Å². The van der Waals surface area contributed by atoms with Crippen LogP contribution in [0.4, 0.5) is 0 Å². The third-order valence-corrected chi connectivity index (χ3v) is 3.14. The van der Waals surface area contributed by atoms with E-state index in [-0.39, 0.29) is 5.60 Å². The van der Waals surface area contributed by atoms with Crippen LogP contribution in [0.5, 0.6) is 5.75 Å². The van der Waals surface area contributed by atoms with Crippen LogP contribution in [0.1, 0.15) is 19.4 Å². The number of nitriles is 1. The molecule has 4 heteroatoms. The van der Waals surface area contributed by atoms with Crippen LogP contribution in [0.3, 0.4) is 0 Å². The normalized spacial score (nSPS) is 18.8. The van der Waals surface area contributed by atoms with Gasteiger partial charge < -0.3 is 9.47 Å². The number of hydrogen-bond acceptors (Lipinski definition) is 4. The first-order valence-electron chi connectivity index (χ1n) is 6.58. The number of rotatable bonds is 4. The van der Waals surface area contributed by atoms with E-state index in [9.17, 15) is 0 Å². The summed E-state index contributed by atoms with van der Waals surface area (Å²) in [6.45, 7) is 8.37. The fraction of sp³-hybridized carbons (Fsp3) is 0.533. The molecule has 0 N–H and O–H groups in total. The smallest absolute Gasteiger partial charge is 0.120 e. The van der Waals surface area contributed by atoms with Gasteiger partial charge in [0.2, 0.25) is 0 Å². The fourth-order valence-electron chi connectivity index (χ4n) is 2.25. The van der Waals surface area contributed by atoms with Gasteiger partial charge in [0, 0.05) is 19.6 Å². The SMILES string of the molecule is CC1(C)CN(CCOc2cccc(C#N)c2)CCO1. The third kappa shape index (κ3) is 4.23. The van der Waals surface area contributed by atoms with Crippen molar-refractivity contribution in [3.63, 3.8) is 0 Å². The van der Waals surface area contributed by atoms with Gasteiger partial charge in [0.05, 0.1) is 23.8 Å². The van der Waals surface area contributed by atoms with Crippen LogP contribution >= 0.6 is 0 Å². The lowest BCUT2D eigenvalue weighted by molar-refractivity contribution is -0.0875. The molecule has 1 aromatic carbocycles. The highest BCUT2D eigenvalue weighted by Gasteiger charge is 2.26. The molecule has 102 valence electrons. The van der Waals surface area contributed by atoms with Crippen LogP contribution in [0.25, 0.3) is 0 Å². The maximum Gasteiger partial charge on any atom is 0.120 e. The number of morpholine rings is 1. The quantitative estimate of drug-likeness (QED) is 0.831. The van der Waals surface area contributed by atoms with Gasteiger partial charge in [-0.15, -0.1) is 0 Å². The Hall–Kier alpha value is -1.57. The molecule has 0 radical (unpaired) electrons. The summed E-state index contributed by atoms with van der Waals surface area (Å²) in [4.78, 5) is 2.34. The zero-order valence-electron chi connectivity index (χ0n) is 11.6. The van der Waals surface area contributed by atoms with Crippen molar-refractivity contribution in [3.05, 3.63) is 29.8 Å². The van der Waals surface area contributed by atoms with Gasteiger partial charge in [-0.05, 0) is 32.0 Å². The summed E-state index contributed by atoms with van der Waals surface area (Å²) in [7, 11) is 0. The van der Waals surface area contributed by atoms with Crippen LogP contribution in [0.2, 0.25) is 0 Å². The molecule has 0 atom stereocenters. The lowest BCUT2D eigenvalue weighted by atomic mass is 10.1. The summed E-state index contributed by atoms with van der Waals surface area (Å²) in [6.07, 6.45) is 0. The maximum absolute atomic E-state index is 8.82. The van der Waals surface area contributed by atoms with E-state index in [0.717, 1.165) is 32.0 Å².